The summed E-state index contributed by atoms with van der Waals surface area (Å²) in [5, 5.41) is 2.89. The molecule has 0 aliphatic carbocycles. The quantitative estimate of drug-likeness (QED) is 0.902. The van der Waals surface area contributed by atoms with Gasteiger partial charge in [0.05, 0.1) is 17.1 Å². The Morgan fingerprint density at radius 1 is 1.57 bits per heavy atom. The number of H-pyrrole nitrogens is 1. The summed E-state index contributed by atoms with van der Waals surface area (Å²) in [5.74, 6) is 0.500. The van der Waals surface area contributed by atoms with E-state index in [2.05, 4.69) is 29.1 Å². The van der Waals surface area contributed by atoms with Crippen LogP contribution in [0, 0.1) is 12.8 Å². The van der Waals surface area contributed by atoms with Crippen LogP contribution < -0.4 is 10.9 Å². The van der Waals surface area contributed by atoms with Gasteiger partial charge in [0.25, 0.3) is 11.5 Å². The van der Waals surface area contributed by atoms with Crippen LogP contribution in [0.15, 0.2) is 11.0 Å². The third kappa shape index (κ3) is 2.55. The average Bonchev–Trinajstić information content (AvgIpc) is 3.07. The lowest BCUT2D eigenvalue weighted by Crippen LogP contribution is -2.20. The Balaban J connectivity index is 2.21. The van der Waals surface area contributed by atoms with Gasteiger partial charge in [-0.3, -0.25) is 9.59 Å². The maximum Gasteiger partial charge on any atom is 0.261 e. The summed E-state index contributed by atoms with van der Waals surface area (Å²) in [4.78, 5) is 31.6. The summed E-state index contributed by atoms with van der Waals surface area (Å²) in [5.41, 5.74) is 0.521. The van der Waals surface area contributed by atoms with E-state index < -0.39 is 0 Å². The zero-order valence-electron chi connectivity index (χ0n) is 13.8. The van der Waals surface area contributed by atoms with Gasteiger partial charge in [-0.05, 0) is 19.8 Å². The molecule has 0 bridgehead atoms. The van der Waals surface area contributed by atoms with Crippen LogP contribution in [0.25, 0.3) is 11.0 Å². The van der Waals surface area contributed by atoms with Gasteiger partial charge in [-0.1, -0.05) is 13.8 Å². The highest BCUT2D eigenvalue weighted by molar-refractivity contribution is 6.05. The average molecular weight is 318 g/mol. The molecule has 1 aliphatic heterocycles. The van der Waals surface area contributed by atoms with E-state index in [1.54, 1.807) is 20.2 Å². The van der Waals surface area contributed by atoms with Gasteiger partial charge in [0, 0.05) is 19.2 Å². The van der Waals surface area contributed by atoms with Crippen LogP contribution in [0.1, 0.15) is 49.1 Å². The Morgan fingerprint density at radius 3 is 2.91 bits per heavy atom. The molecule has 2 aromatic rings. The minimum atomic E-state index is -0.303. The summed E-state index contributed by atoms with van der Waals surface area (Å²) < 4.78 is 7.94. The summed E-state index contributed by atoms with van der Waals surface area (Å²) in [6, 6.07) is 0. The third-order valence-electron chi connectivity index (χ3n) is 4.46. The van der Waals surface area contributed by atoms with Gasteiger partial charge >= 0.3 is 0 Å². The van der Waals surface area contributed by atoms with E-state index in [1.807, 2.05) is 4.57 Å². The van der Waals surface area contributed by atoms with Crippen LogP contribution in [0.2, 0.25) is 0 Å². The fourth-order valence-electron chi connectivity index (χ4n) is 3.29. The number of amides is 1. The smallest absolute Gasteiger partial charge is 0.261 e. The van der Waals surface area contributed by atoms with Gasteiger partial charge in [-0.2, -0.15) is 0 Å². The molecule has 1 amide bonds. The second-order valence-corrected chi connectivity index (χ2v) is 6.15. The van der Waals surface area contributed by atoms with E-state index in [0.29, 0.717) is 22.4 Å². The Bertz CT molecular complexity index is 807. The SMILES string of the molecule is CC[C@@H]1C[C@@H](C)[C@H](n2cc(C(=O)NC)c3c(=O)[nH]c(C)nc32)O1. The summed E-state index contributed by atoms with van der Waals surface area (Å²) in [6.45, 7) is 5.94. The molecular formula is C16H22N4O3. The number of carbonyl (C=O) groups is 1. The molecule has 0 aromatic carbocycles. The van der Waals surface area contributed by atoms with Crippen LogP contribution >= 0.6 is 0 Å². The molecule has 0 saturated carbocycles. The first-order chi connectivity index (χ1) is 11.0. The highest BCUT2D eigenvalue weighted by atomic mass is 16.5. The van der Waals surface area contributed by atoms with E-state index in [4.69, 9.17) is 4.74 Å². The van der Waals surface area contributed by atoms with Crippen molar-refractivity contribution in [2.24, 2.45) is 5.92 Å². The zero-order valence-corrected chi connectivity index (χ0v) is 13.8. The zero-order chi connectivity index (χ0) is 16.7. The maximum atomic E-state index is 12.3. The third-order valence-corrected chi connectivity index (χ3v) is 4.46. The number of ether oxygens (including phenoxy) is 1. The first-order valence-electron chi connectivity index (χ1n) is 7.95. The van der Waals surface area contributed by atoms with E-state index in [-0.39, 0.29) is 29.7 Å². The molecule has 1 aliphatic rings. The number of aromatic nitrogens is 3. The minimum absolute atomic E-state index is 0.194. The number of fused-ring (bicyclic) bond motifs is 1. The van der Waals surface area contributed by atoms with Crippen LogP contribution in [0.3, 0.4) is 0 Å². The molecule has 3 atom stereocenters. The Hall–Kier alpha value is -2.15. The number of hydrogen-bond donors (Lipinski definition) is 2. The topological polar surface area (TPSA) is 89.0 Å². The number of carbonyl (C=O) groups excluding carboxylic acids is 1. The van der Waals surface area contributed by atoms with Crippen LogP contribution in [-0.2, 0) is 4.74 Å². The second kappa shape index (κ2) is 5.81. The molecule has 1 fully saturated rings. The molecule has 0 spiro atoms. The molecule has 7 heteroatoms. The molecule has 3 rings (SSSR count). The number of hydrogen-bond acceptors (Lipinski definition) is 4. The van der Waals surface area contributed by atoms with Crippen molar-refractivity contribution >= 4 is 16.9 Å². The number of nitrogens with zero attached hydrogens (tertiary/aromatic N) is 2. The molecule has 0 radical (unpaired) electrons. The van der Waals surface area contributed by atoms with Crippen molar-refractivity contribution in [2.75, 3.05) is 7.05 Å². The molecule has 124 valence electrons. The summed E-state index contributed by atoms with van der Waals surface area (Å²) >= 11 is 0. The van der Waals surface area contributed by atoms with Crippen molar-refractivity contribution in [3.63, 3.8) is 0 Å². The van der Waals surface area contributed by atoms with E-state index in [0.717, 1.165) is 12.8 Å². The molecule has 1 saturated heterocycles. The lowest BCUT2D eigenvalue weighted by atomic mass is 10.0. The standard InChI is InChI=1S/C16H22N4O3/c1-5-10-6-8(2)16(23-10)20-7-11(14(21)17-4)12-13(20)18-9(3)19-15(12)22/h7-8,10,16H,5-6H2,1-4H3,(H,17,21)(H,18,19,22)/t8-,10-,16-/m1/s1. The molecule has 2 N–H and O–H groups in total. The Kier molecular flexibility index (Phi) is 3.97. The van der Waals surface area contributed by atoms with Gasteiger partial charge < -0.3 is 19.6 Å². The predicted molar refractivity (Wildman–Crippen MR) is 86.5 cm³/mol. The summed E-state index contributed by atoms with van der Waals surface area (Å²) in [6.07, 6.45) is 3.56. The van der Waals surface area contributed by atoms with Crippen LogP contribution in [0.5, 0.6) is 0 Å². The van der Waals surface area contributed by atoms with Crippen molar-refractivity contribution < 1.29 is 9.53 Å². The minimum Gasteiger partial charge on any atom is -0.355 e. The highest BCUT2D eigenvalue weighted by Gasteiger charge is 2.34. The molecular weight excluding hydrogens is 296 g/mol. The second-order valence-electron chi connectivity index (χ2n) is 6.15. The van der Waals surface area contributed by atoms with Gasteiger partial charge in [-0.15, -0.1) is 0 Å². The molecule has 3 heterocycles. The van der Waals surface area contributed by atoms with E-state index >= 15 is 0 Å². The summed E-state index contributed by atoms with van der Waals surface area (Å²) in [7, 11) is 1.54. The molecule has 2 aromatic heterocycles. The normalized spacial score (nSPS) is 24.3. The van der Waals surface area contributed by atoms with E-state index in [1.165, 1.54) is 0 Å². The van der Waals surface area contributed by atoms with Crippen molar-refractivity contribution in [3.8, 4) is 0 Å². The van der Waals surface area contributed by atoms with Crippen molar-refractivity contribution in [3.05, 3.63) is 27.9 Å². The Labute approximate surface area is 134 Å². The predicted octanol–water partition coefficient (Wildman–Crippen LogP) is 1.73. The van der Waals surface area contributed by atoms with Crippen LogP contribution in [0.4, 0.5) is 0 Å². The maximum absolute atomic E-state index is 12.3. The number of aromatic amines is 1. The van der Waals surface area contributed by atoms with Gasteiger partial charge in [-0.25, -0.2) is 4.98 Å². The fourth-order valence-corrected chi connectivity index (χ4v) is 3.29. The van der Waals surface area contributed by atoms with Crippen molar-refractivity contribution in [1.29, 1.82) is 0 Å². The largest absolute Gasteiger partial charge is 0.355 e. The lowest BCUT2D eigenvalue weighted by Gasteiger charge is -2.18. The number of aryl methyl sites for hydroxylation is 1. The molecule has 0 unspecified atom stereocenters. The van der Waals surface area contributed by atoms with Gasteiger partial charge in [0.1, 0.15) is 12.1 Å². The lowest BCUT2D eigenvalue weighted by molar-refractivity contribution is -0.00877. The van der Waals surface area contributed by atoms with E-state index in [9.17, 15) is 9.59 Å². The van der Waals surface area contributed by atoms with Crippen LogP contribution in [-0.4, -0.2) is 33.6 Å². The first kappa shape index (κ1) is 15.7. The fraction of sp³-hybridized carbons (Fsp3) is 0.562. The van der Waals surface area contributed by atoms with Crippen molar-refractivity contribution in [1.82, 2.24) is 19.9 Å². The van der Waals surface area contributed by atoms with Crippen molar-refractivity contribution in [2.45, 2.75) is 45.9 Å². The molecule has 23 heavy (non-hydrogen) atoms. The van der Waals surface area contributed by atoms with Gasteiger partial charge in [0.15, 0.2) is 5.65 Å². The first-order valence-corrected chi connectivity index (χ1v) is 7.95. The molecule has 7 nitrogen and oxygen atoms in total. The Morgan fingerprint density at radius 2 is 2.30 bits per heavy atom. The monoisotopic (exact) mass is 318 g/mol. The number of nitrogens with one attached hydrogen (secondary N) is 2. The highest BCUT2D eigenvalue weighted by Crippen LogP contribution is 2.37. The number of rotatable bonds is 3. The van der Waals surface area contributed by atoms with Gasteiger partial charge in [0.2, 0.25) is 0 Å².